The highest BCUT2D eigenvalue weighted by Crippen LogP contribution is 2.40. The standard InChI is InChI=1S/C16H16FNO2/c17-12-4-5-14-11(7-12)8-13(20-14)9-16(10-18)6-2-1-3-15(16)19/h4-5,7,13H,1-3,6,8-9H2. The molecule has 3 nitrogen and oxygen atoms in total. The highest BCUT2D eigenvalue weighted by atomic mass is 19.1. The monoisotopic (exact) mass is 273 g/mol. The van der Waals surface area contributed by atoms with Crippen LogP contribution in [0.1, 0.15) is 37.7 Å². The van der Waals surface area contributed by atoms with Crippen LogP contribution in [-0.4, -0.2) is 11.9 Å². The molecule has 1 aromatic carbocycles. The fourth-order valence-corrected chi connectivity index (χ4v) is 3.26. The minimum atomic E-state index is -0.899. The quantitative estimate of drug-likeness (QED) is 0.831. The largest absolute Gasteiger partial charge is 0.490 e. The van der Waals surface area contributed by atoms with Gasteiger partial charge >= 0.3 is 0 Å². The van der Waals surface area contributed by atoms with Crippen molar-refractivity contribution < 1.29 is 13.9 Å². The number of ketones is 1. The molecular formula is C16H16FNO2. The molecule has 1 saturated carbocycles. The lowest BCUT2D eigenvalue weighted by Gasteiger charge is -2.31. The SMILES string of the molecule is N#CC1(CC2Cc3cc(F)ccc3O2)CCCCC1=O. The van der Waals surface area contributed by atoms with Crippen LogP contribution < -0.4 is 4.74 Å². The van der Waals surface area contributed by atoms with Crippen LogP contribution >= 0.6 is 0 Å². The van der Waals surface area contributed by atoms with E-state index in [1.807, 2.05) is 0 Å². The van der Waals surface area contributed by atoms with Gasteiger partial charge in [0.15, 0.2) is 5.78 Å². The van der Waals surface area contributed by atoms with Crippen molar-refractivity contribution in [3.05, 3.63) is 29.6 Å². The second kappa shape index (κ2) is 4.90. The summed E-state index contributed by atoms with van der Waals surface area (Å²) in [6.07, 6.45) is 3.68. The van der Waals surface area contributed by atoms with Gasteiger partial charge in [0.05, 0.1) is 6.07 Å². The lowest BCUT2D eigenvalue weighted by Crippen LogP contribution is -2.37. The van der Waals surface area contributed by atoms with E-state index >= 15 is 0 Å². The fraction of sp³-hybridized carbons (Fsp3) is 0.500. The van der Waals surface area contributed by atoms with Crippen LogP contribution in [0.2, 0.25) is 0 Å². The van der Waals surface area contributed by atoms with Gasteiger partial charge in [-0.15, -0.1) is 0 Å². The number of Topliss-reactive ketones (excluding diaryl/α,β-unsaturated/α-hetero) is 1. The number of nitriles is 1. The average molecular weight is 273 g/mol. The summed E-state index contributed by atoms with van der Waals surface area (Å²) in [6, 6.07) is 6.68. The average Bonchev–Trinajstić information content (AvgIpc) is 2.82. The Hall–Kier alpha value is -1.89. The predicted octanol–water partition coefficient (Wildman–Crippen LogP) is 3.17. The maximum Gasteiger partial charge on any atom is 0.153 e. The van der Waals surface area contributed by atoms with E-state index in [2.05, 4.69) is 6.07 Å². The number of carbonyl (C=O) groups excluding carboxylic acids is 1. The number of hydrogen-bond acceptors (Lipinski definition) is 3. The number of ether oxygens (including phenoxy) is 1. The first-order valence-electron chi connectivity index (χ1n) is 7.03. The zero-order valence-corrected chi connectivity index (χ0v) is 11.2. The summed E-state index contributed by atoms with van der Waals surface area (Å²) < 4.78 is 19.0. The summed E-state index contributed by atoms with van der Waals surface area (Å²) in [5, 5.41) is 9.45. The van der Waals surface area contributed by atoms with Gasteiger partial charge in [-0.3, -0.25) is 4.79 Å². The van der Waals surface area contributed by atoms with E-state index in [0.29, 0.717) is 31.4 Å². The van der Waals surface area contributed by atoms with Crippen molar-refractivity contribution in [1.82, 2.24) is 0 Å². The topological polar surface area (TPSA) is 50.1 Å². The van der Waals surface area contributed by atoms with E-state index in [0.717, 1.165) is 18.4 Å². The Morgan fingerprint density at radius 3 is 3.05 bits per heavy atom. The molecule has 1 heterocycles. The molecule has 2 aliphatic rings. The molecule has 2 unspecified atom stereocenters. The number of benzene rings is 1. The molecular weight excluding hydrogens is 257 g/mol. The van der Waals surface area contributed by atoms with Crippen LogP contribution in [-0.2, 0) is 11.2 Å². The van der Waals surface area contributed by atoms with Crippen molar-refractivity contribution in [1.29, 1.82) is 5.26 Å². The van der Waals surface area contributed by atoms with E-state index in [1.165, 1.54) is 12.1 Å². The molecule has 0 saturated heterocycles. The molecule has 1 aliphatic carbocycles. The third-order valence-electron chi connectivity index (χ3n) is 4.35. The van der Waals surface area contributed by atoms with Gasteiger partial charge in [-0.25, -0.2) is 4.39 Å². The first-order valence-corrected chi connectivity index (χ1v) is 7.03. The molecule has 0 N–H and O–H groups in total. The van der Waals surface area contributed by atoms with E-state index in [4.69, 9.17) is 4.74 Å². The van der Waals surface area contributed by atoms with Gasteiger partial charge in [0.1, 0.15) is 23.1 Å². The molecule has 1 fully saturated rings. The molecule has 2 atom stereocenters. The highest BCUT2D eigenvalue weighted by Gasteiger charge is 2.43. The van der Waals surface area contributed by atoms with E-state index in [9.17, 15) is 14.4 Å². The number of carbonyl (C=O) groups is 1. The molecule has 1 aliphatic heterocycles. The second-order valence-electron chi connectivity index (χ2n) is 5.72. The third kappa shape index (κ3) is 2.18. The van der Waals surface area contributed by atoms with Crippen LogP contribution in [0.5, 0.6) is 5.75 Å². The molecule has 0 amide bonds. The molecule has 4 heteroatoms. The molecule has 104 valence electrons. The van der Waals surface area contributed by atoms with E-state index < -0.39 is 5.41 Å². The highest BCUT2D eigenvalue weighted by molar-refractivity contribution is 5.88. The number of halogens is 1. The van der Waals surface area contributed by atoms with Crippen molar-refractivity contribution in [2.75, 3.05) is 0 Å². The first-order chi connectivity index (χ1) is 9.63. The Labute approximate surface area is 117 Å². The number of rotatable bonds is 2. The van der Waals surface area contributed by atoms with Gasteiger partial charge in [0, 0.05) is 24.8 Å². The summed E-state index contributed by atoms with van der Waals surface area (Å²) in [6.45, 7) is 0. The maximum absolute atomic E-state index is 13.2. The Bertz CT molecular complexity index is 593. The Morgan fingerprint density at radius 1 is 1.45 bits per heavy atom. The van der Waals surface area contributed by atoms with Crippen LogP contribution in [0.4, 0.5) is 4.39 Å². The molecule has 0 spiro atoms. The zero-order valence-electron chi connectivity index (χ0n) is 11.2. The van der Waals surface area contributed by atoms with Gasteiger partial charge < -0.3 is 4.74 Å². The smallest absolute Gasteiger partial charge is 0.153 e. The second-order valence-corrected chi connectivity index (χ2v) is 5.72. The Kier molecular flexibility index (Phi) is 3.21. The number of fused-ring (bicyclic) bond motifs is 1. The van der Waals surface area contributed by atoms with Gasteiger partial charge in [0.25, 0.3) is 0 Å². The van der Waals surface area contributed by atoms with Gasteiger partial charge in [-0.05, 0) is 31.0 Å². The minimum absolute atomic E-state index is 0.0389. The van der Waals surface area contributed by atoms with Gasteiger partial charge in [-0.2, -0.15) is 5.26 Å². The normalized spacial score (nSPS) is 28.6. The number of hydrogen-bond donors (Lipinski definition) is 0. The van der Waals surface area contributed by atoms with Crippen LogP contribution in [0.15, 0.2) is 18.2 Å². The number of nitrogens with zero attached hydrogens (tertiary/aromatic N) is 1. The van der Waals surface area contributed by atoms with Crippen molar-refractivity contribution in [2.45, 2.75) is 44.6 Å². The summed E-state index contributed by atoms with van der Waals surface area (Å²) in [5.41, 5.74) is -0.0740. The van der Waals surface area contributed by atoms with Crippen molar-refractivity contribution in [3.8, 4) is 11.8 Å². The van der Waals surface area contributed by atoms with Crippen LogP contribution in [0.3, 0.4) is 0 Å². The lowest BCUT2D eigenvalue weighted by atomic mass is 9.70. The summed E-state index contributed by atoms with van der Waals surface area (Å²) >= 11 is 0. The first kappa shape index (κ1) is 13.1. The third-order valence-corrected chi connectivity index (χ3v) is 4.35. The van der Waals surface area contributed by atoms with Crippen molar-refractivity contribution in [3.63, 3.8) is 0 Å². The molecule has 0 aromatic heterocycles. The van der Waals surface area contributed by atoms with Crippen molar-refractivity contribution in [2.24, 2.45) is 5.41 Å². The molecule has 0 radical (unpaired) electrons. The summed E-state index contributed by atoms with van der Waals surface area (Å²) in [7, 11) is 0. The van der Waals surface area contributed by atoms with Gasteiger partial charge in [0.2, 0.25) is 0 Å². The Balaban J connectivity index is 1.76. The zero-order chi connectivity index (χ0) is 14.2. The predicted molar refractivity (Wildman–Crippen MR) is 70.7 cm³/mol. The van der Waals surface area contributed by atoms with Crippen LogP contribution in [0.25, 0.3) is 0 Å². The molecule has 0 bridgehead atoms. The molecule has 1 aromatic rings. The Morgan fingerprint density at radius 2 is 2.30 bits per heavy atom. The lowest BCUT2D eigenvalue weighted by molar-refractivity contribution is -0.129. The summed E-state index contributed by atoms with van der Waals surface area (Å²) in [5.74, 6) is 0.432. The maximum atomic E-state index is 13.2. The molecule has 3 rings (SSSR count). The summed E-state index contributed by atoms with van der Waals surface area (Å²) in [4.78, 5) is 12.1. The van der Waals surface area contributed by atoms with Gasteiger partial charge in [-0.1, -0.05) is 6.42 Å². The fourth-order valence-electron chi connectivity index (χ4n) is 3.26. The molecule has 20 heavy (non-hydrogen) atoms. The minimum Gasteiger partial charge on any atom is -0.490 e. The van der Waals surface area contributed by atoms with Crippen LogP contribution in [0, 0.1) is 22.6 Å². The van der Waals surface area contributed by atoms with Crippen molar-refractivity contribution >= 4 is 5.78 Å². The van der Waals surface area contributed by atoms with E-state index in [1.54, 1.807) is 6.07 Å². The van der Waals surface area contributed by atoms with E-state index in [-0.39, 0.29) is 17.7 Å².